The summed E-state index contributed by atoms with van der Waals surface area (Å²) in [5.74, 6) is -0.609. The first-order chi connectivity index (χ1) is 13.3. The first-order valence-corrected chi connectivity index (χ1v) is 8.56. The summed E-state index contributed by atoms with van der Waals surface area (Å²) < 4.78 is 15.1. The highest BCUT2D eigenvalue weighted by atomic mass is 16.7. The number of carbonyl (C=O) groups is 1. The molecule has 10 heteroatoms. The Hall–Kier alpha value is -2.05. The molecule has 0 bridgehead atoms. The van der Waals surface area contributed by atoms with E-state index in [-0.39, 0.29) is 5.75 Å². The second kappa shape index (κ2) is 10.5. The number of aliphatic hydroxyl groups is 5. The van der Waals surface area contributed by atoms with Crippen LogP contribution in [-0.2, 0) is 19.0 Å². The molecular weight excluding hydrogens is 376 g/mol. The minimum absolute atomic E-state index is 0.0993. The third kappa shape index (κ3) is 6.24. The third-order valence-corrected chi connectivity index (χ3v) is 4.02. The van der Waals surface area contributed by atoms with Gasteiger partial charge < -0.3 is 44.8 Å². The molecule has 1 aliphatic rings. The molecular formula is C18H24O10. The number of phenolic OH excluding ortho intramolecular Hbond substituents is 1. The minimum atomic E-state index is -1.59. The van der Waals surface area contributed by atoms with Crippen LogP contribution in [0, 0.1) is 0 Å². The quantitative estimate of drug-likeness (QED) is 0.215. The van der Waals surface area contributed by atoms with Crippen molar-refractivity contribution in [2.45, 2.75) is 36.8 Å². The molecule has 0 amide bonds. The fourth-order valence-corrected chi connectivity index (χ4v) is 2.44. The molecule has 0 spiro atoms. The van der Waals surface area contributed by atoms with Gasteiger partial charge in [-0.1, -0.05) is 12.1 Å². The molecule has 0 aliphatic carbocycles. The molecule has 10 nitrogen and oxygen atoms in total. The number of phenols is 1. The highest BCUT2D eigenvalue weighted by molar-refractivity contribution is 5.87. The topological polar surface area (TPSA) is 166 Å². The average Bonchev–Trinajstić information content (AvgIpc) is 2.69. The van der Waals surface area contributed by atoms with Crippen molar-refractivity contribution in [1.29, 1.82) is 0 Å². The molecule has 0 radical (unpaired) electrons. The van der Waals surface area contributed by atoms with Crippen LogP contribution in [0.25, 0.3) is 6.08 Å². The van der Waals surface area contributed by atoms with E-state index in [4.69, 9.17) is 19.3 Å². The van der Waals surface area contributed by atoms with Crippen molar-refractivity contribution in [2.75, 3.05) is 19.8 Å². The van der Waals surface area contributed by atoms with Gasteiger partial charge in [-0.2, -0.15) is 0 Å². The Morgan fingerprint density at radius 3 is 2.43 bits per heavy atom. The number of esters is 1. The highest BCUT2D eigenvalue weighted by Gasteiger charge is 2.44. The maximum Gasteiger partial charge on any atom is 0.330 e. The lowest BCUT2D eigenvalue weighted by atomic mass is 9.99. The molecule has 1 heterocycles. The molecule has 0 aromatic heterocycles. The van der Waals surface area contributed by atoms with Gasteiger partial charge in [0.05, 0.1) is 13.2 Å². The smallest absolute Gasteiger partial charge is 0.330 e. The largest absolute Gasteiger partial charge is 0.508 e. The maximum absolute atomic E-state index is 11.6. The van der Waals surface area contributed by atoms with Gasteiger partial charge >= 0.3 is 5.97 Å². The fourth-order valence-electron chi connectivity index (χ4n) is 2.44. The number of ether oxygens (including phenoxy) is 3. The molecule has 1 aromatic rings. The van der Waals surface area contributed by atoms with Gasteiger partial charge in [0.1, 0.15) is 42.9 Å². The van der Waals surface area contributed by atoms with Crippen LogP contribution in [0.3, 0.4) is 0 Å². The minimum Gasteiger partial charge on any atom is -0.508 e. The van der Waals surface area contributed by atoms with E-state index in [1.807, 2.05) is 0 Å². The molecule has 6 N–H and O–H groups in total. The van der Waals surface area contributed by atoms with Crippen molar-refractivity contribution in [2.24, 2.45) is 0 Å². The molecule has 0 saturated carbocycles. The standard InChI is InChI=1S/C18H24O10/c19-7-13-15(23)16(24)17(25)18(28-13)27-9-12(21)8-26-14(22)6-3-10-1-4-11(20)5-2-10/h1-6,12-13,15-21,23-25H,7-9H2/b6-3+/t12?,13-,15-,16+,17-,18-/m1/s1. The molecule has 1 aromatic carbocycles. The van der Waals surface area contributed by atoms with Crippen LogP contribution >= 0.6 is 0 Å². The summed E-state index contributed by atoms with van der Waals surface area (Å²) in [4.78, 5) is 11.6. The third-order valence-electron chi connectivity index (χ3n) is 4.02. The predicted octanol–water partition coefficient (Wildman–Crippen LogP) is -1.87. The summed E-state index contributed by atoms with van der Waals surface area (Å²) in [6.45, 7) is -1.38. The van der Waals surface area contributed by atoms with E-state index in [2.05, 4.69) is 0 Å². The lowest BCUT2D eigenvalue weighted by Crippen LogP contribution is -2.59. The number of rotatable bonds is 8. The number of carbonyl (C=O) groups excluding carboxylic acids is 1. The van der Waals surface area contributed by atoms with E-state index in [1.54, 1.807) is 12.1 Å². The zero-order valence-corrected chi connectivity index (χ0v) is 14.9. The lowest BCUT2D eigenvalue weighted by Gasteiger charge is -2.39. The molecule has 2 rings (SSSR count). The molecule has 1 aliphatic heterocycles. The second-order valence-corrected chi connectivity index (χ2v) is 6.24. The average molecular weight is 400 g/mol. The van der Waals surface area contributed by atoms with Crippen molar-refractivity contribution < 1.29 is 49.6 Å². The molecule has 6 atom stereocenters. The van der Waals surface area contributed by atoms with E-state index < -0.39 is 62.6 Å². The zero-order chi connectivity index (χ0) is 20.7. The van der Waals surface area contributed by atoms with Gasteiger partial charge in [0.25, 0.3) is 0 Å². The normalized spacial score (nSPS) is 29.0. The summed E-state index contributed by atoms with van der Waals surface area (Å²) in [6.07, 6.45) is -5.80. The Bertz CT molecular complexity index is 644. The van der Waals surface area contributed by atoms with E-state index in [9.17, 15) is 30.3 Å². The van der Waals surface area contributed by atoms with Gasteiger partial charge in [0.2, 0.25) is 0 Å². The van der Waals surface area contributed by atoms with Crippen LogP contribution in [0.5, 0.6) is 5.75 Å². The lowest BCUT2D eigenvalue weighted by molar-refractivity contribution is -0.304. The van der Waals surface area contributed by atoms with E-state index in [1.165, 1.54) is 18.2 Å². The van der Waals surface area contributed by atoms with Crippen molar-refractivity contribution >= 4 is 12.0 Å². The Balaban J connectivity index is 1.73. The number of aliphatic hydroxyl groups excluding tert-OH is 5. The SMILES string of the molecule is O=C(/C=C/c1ccc(O)cc1)OCC(O)CO[C@@H]1O[C@H](CO)[C@@H](O)[C@H](O)[C@H]1O. The number of benzene rings is 1. The van der Waals surface area contributed by atoms with Crippen LogP contribution in [0.2, 0.25) is 0 Å². The van der Waals surface area contributed by atoms with Crippen molar-refractivity contribution in [3.8, 4) is 5.75 Å². The Morgan fingerprint density at radius 2 is 1.79 bits per heavy atom. The van der Waals surface area contributed by atoms with Crippen molar-refractivity contribution in [3.05, 3.63) is 35.9 Å². The van der Waals surface area contributed by atoms with Crippen molar-refractivity contribution in [3.63, 3.8) is 0 Å². The molecule has 1 fully saturated rings. The van der Waals surface area contributed by atoms with E-state index in [0.717, 1.165) is 6.08 Å². The van der Waals surface area contributed by atoms with Gasteiger partial charge in [-0.3, -0.25) is 0 Å². The molecule has 1 unspecified atom stereocenters. The van der Waals surface area contributed by atoms with E-state index in [0.29, 0.717) is 5.56 Å². The van der Waals surface area contributed by atoms with Crippen LogP contribution in [0.1, 0.15) is 5.56 Å². The Morgan fingerprint density at radius 1 is 1.11 bits per heavy atom. The Labute approximate surface area is 160 Å². The monoisotopic (exact) mass is 400 g/mol. The van der Waals surface area contributed by atoms with Gasteiger partial charge in [0.15, 0.2) is 6.29 Å². The zero-order valence-electron chi connectivity index (χ0n) is 14.9. The predicted molar refractivity (Wildman–Crippen MR) is 93.8 cm³/mol. The first-order valence-electron chi connectivity index (χ1n) is 8.56. The summed E-state index contributed by atoms with van der Waals surface area (Å²) in [7, 11) is 0. The maximum atomic E-state index is 11.6. The van der Waals surface area contributed by atoms with Gasteiger partial charge in [0, 0.05) is 6.08 Å². The molecule has 156 valence electrons. The van der Waals surface area contributed by atoms with Gasteiger partial charge in [-0.25, -0.2) is 4.79 Å². The highest BCUT2D eigenvalue weighted by Crippen LogP contribution is 2.22. The van der Waals surface area contributed by atoms with Crippen LogP contribution in [0.4, 0.5) is 0 Å². The number of hydrogen-bond acceptors (Lipinski definition) is 10. The van der Waals surface area contributed by atoms with Crippen LogP contribution in [0.15, 0.2) is 30.3 Å². The van der Waals surface area contributed by atoms with E-state index >= 15 is 0 Å². The van der Waals surface area contributed by atoms with Gasteiger partial charge in [-0.15, -0.1) is 0 Å². The summed E-state index contributed by atoms with van der Waals surface area (Å²) >= 11 is 0. The van der Waals surface area contributed by atoms with Gasteiger partial charge in [-0.05, 0) is 23.8 Å². The molecule has 28 heavy (non-hydrogen) atoms. The summed E-state index contributed by atoms with van der Waals surface area (Å²) in [6, 6.07) is 6.13. The van der Waals surface area contributed by atoms with Crippen LogP contribution in [-0.4, -0.2) is 93.2 Å². The second-order valence-electron chi connectivity index (χ2n) is 6.24. The number of hydrogen-bond donors (Lipinski definition) is 6. The first kappa shape index (κ1) is 22.2. The fraction of sp³-hybridized carbons (Fsp3) is 0.500. The molecule has 1 saturated heterocycles. The summed E-state index contributed by atoms with van der Waals surface area (Å²) in [5.41, 5.74) is 0.668. The Kier molecular flexibility index (Phi) is 8.33. The van der Waals surface area contributed by atoms with Crippen LogP contribution < -0.4 is 0 Å². The summed E-state index contributed by atoms with van der Waals surface area (Å²) in [5, 5.41) is 57.2. The van der Waals surface area contributed by atoms with Crippen molar-refractivity contribution in [1.82, 2.24) is 0 Å². The number of aromatic hydroxyl groups is 1.